The first kappa shape index (κ1) is 16.5. The summed E-state index contributed by atoms with van der Waals surface area (Å²) in [7, 11) is 0. The Bertz CT molecular complexity index is 805. The van der Waals surface area contributed by atoms with Gasteiger partial charge in [0.1, 0.15) is 16.5 Å². The first-order chi connectivity index (χ1) is 12.3. The van der Waals surface area contributed by atoms with Crippen molar-refractivity contribution in [2.24, 2.45) is 0 Å². The van der Waals surface area contributed by atoms with E-state index in [0.717, 1.165) is 29.4 Å². The summed E-state index contributed by atoms with van der Waals surface area (Å²) in [6, 6.07) is 5.97. The van der Waals surface area contributed by atoms with Gasteiger partial charge < -0.3 is 9.73 Å². The molecule has 0 aliphatic carbocycles. The molecule has 4 rings (SSSR count). The van der Waals surface area contributed by atoms with Crippen LogP contribution in [0.4, 0.5) is 0 Å². The largest absolute Gasteiger partial charge is 0.468 e. The van der Waals surface area contributed by atoms with Crippen LogP contribution in [-0.4, -0.2) is 35.4 Å². The summed E-state index contributed by atoms with van der Waals surface area (Å²) in [5.41, 5.74) is 1.55. The number of furan rings is 1. The molecular formula is C18H19N3O2S2. The molecule has 0 saturated carbocycles. The molecular weight excluding hydrogens is 354 g/mol. The van der Waals surface area contributed by atoms with Crippen LogP contribution in [0.5, 0.6) is 0 Å². The van der Waals surface area contributed by atoms with Gasteiger partial charge in [0, 0.05) is 22.9 Å². The van der Waals surface area contributed by atoms with Crippen molar-refractivity contribution in [1.29, 1.82) is 0 Å². The fraction of sp³-hybridized carbons (Fsp3) is 0.333. The summed E-state index contributed by atoms with van der Waals surface area (Å²) in [5, 5.41) is 9.79. The number of carbonyl (C=O) groups excluding carboxylic acids is 1. The fourth-order valence-corrected chi connectivity index (χ4v) is 4.63. The molecule has 3 aromatic heterocycles. The number of thiophene rings is 1. The second-order valence-electron chi connectivity index (χ2n) is 6.03. The van der Waals surface area contributed by atoms with Gasteiger partial charge in [-0.25, -0.2) is 4.98 Å². The Morgan fingerprint density at radius 2 is 2.20 bits per heavy atom. The lowest BCUT2D eigenvalue weighted by Crippen LogP contribution is -2.36. The van der Waals surface area contributed by atoms with Crippen LogP contribution in [0.1, 0.15) is 35.1 Å². The Kier molecular flexibility index (Phi) is 4.96. The summed E-state index contributed by atoms with van der Waals surface area (Å²) in [4.78, 5) is 19.3. The minimum absolute atomic E-state index is 0.0800. The second-order valence-corrected chi connectivity index (χ2v) is 7.67. The van der Waals surface area contributed by atoms with Crippen LogP contribution in [0.3, 0.4) is 0 Å². The first-order valence-corrected chi connectivity index (χ1v) is 10.2. The van der Waals surface area contributed by atoms with Crippen molar-refractivity contribution in [2.75, 3.05) is 19.6 Å². The molecule has 0 unspecified atom stereocenters. The van der Waals surface area contributed by atoms with E-state index in [0.29, 0.717) is 12.2 Å². The number of amides is 1. The molecule has 130 valence electrons. The highest BCUT2D eigenvalue weighted by molar-refractivity contribution is 7.14. The highest BCUT2D eigenvalue weighted by Gasteiger charge is 2.26. The number of thiazole rings is 1. The smallest absolute Gasteiger partial charge is 0.270 e. The van der Waals surface area contributed by atoms with E-state index in [-0.39, 0.29) is 11.9 Å². The Labute approximate surface area is 154 Å². The van der Waals surface area contributed by atoms with Crippen molar-refractivity contribution in [1.82, 2.24) is 15.2 Å². The van der Waals surface area contributed by atoms with Crippen LogP contribution in [0.2, 0.25) is 0 Å². The third-order valence-corrected chi connectivity index (χ3v) is 5.99. The summed E-state index contributed by atoms with van der Waals surface area (Å²) in [6.45, 7) is 2.61. The molecule has 5 nitrogen and oxygen atoms in total. The zero-order valence-corrected chi connectivity index (χ0v) is 15.3. The van der Waals surface area contributed by atoms with Crippen LogP contribution in [-0.2, 0) is 0 Å². The number of carbonyl (C=O) groups is 1. The normalized spacial score (nSPS) is 16.2. The van der Waals surface area contributed by atoms with Gasteiger partial charge in [0.05, 0.1) is 12.3 Å². The summed E-state index contributed by atoms with van der Waals surface area (Å²) < 4.78 is 5.59. The molecule has 1 atom stereocenters. The first-order valence-electron chi connectivity index (χ1n) is 8.35. The summed E-state index contributed by atoms with van der Waals surface area (Å²) in [6.07, 6.45) is 4.08. The average Bonchev–Trinajstić information content (AvgIpc) is 3.43. The van der Waals surface area contributed by atoms with E-state index in [2.05, 4.69) is 15.2 Å². The quantitative estimate of drug-likeness (QED) is 0.709. The monoisotopic (exact) mass is 373 g/mol. The van der Waals surface area contributed by atoms with Gasteiger partial charge in [-0.3, -0.25) is 9.69 Å². The zero-order valence-electron chi connectivity index (χ0n) is 13.7. The maximum Gasteiger partial charge on any atom is 0.270 e. The van der Waals surface area contributed by atoms with E-state index in [1.807, 2.05) is 34.3 Å². The van der Waals surface area contributed by atoms with Gasteiger partial charge in [0.25, 0.3) is 5.91 Å². The van der Waals surface area contributed by atoms with Gasteiger partial charge in [-0.1, -0.05) is 0 Å². The Morgan fingerprint density at radius 3 is 2.92 bits per heavy atom. The van der Waals surface area contributed by atoms with E-state index >= 15 is 0 Å². The highest BCUT2D eigenvalue weighted by Crippen LogP contribution is 2.27. The number of nitrogens with zero attached hydrogens (tertiary/aromatic N) is 2. The Morgan fingerprint density at radius 1 is 1.32 bits per heavy atom. The third kappa shape index (κ3) is 3.68. The molecule has 1 fully saturated rings. The van der Waals surface area contributed by atoms with Crippen molar-refractivity contribution in [3.63, 3.8) is 0 Å². The van der Waals surface area contributed by atoms with Gasteiger partial charge in [-0.2, -0.15) is 11.3 Å². The molecule has 0 bridgehead atoms. The molecule has 4 heterocycles. The van der Waals surface area contributed by atoms with Crippen molar-refractivity contribution in [3.05, 3.63) is 52.1 Å². The molecule has 25 heavy (non-hydrogen) atoms. The van der Waals surface area contributed by atoms with E-state index in [9.17, 15) is 4.79 Å². The van der Waals surface area contributed by atoms with Gasteiger partial charge in [0.15, 0.2) is 0 Å². The SMILES string of the molecule is O=C(NC[C@@H](c1ccco1)N1CCCC1)c1csc(-c2ccsc2)n1. The highest BCUT2D eigenvalue weighted by atomic mass is 32.1. The van der Waals surface area contributed by atoms with Crippen molar-refractivity contribution >= 4 is 28.6 Å². The maximum atomic E-state index is 12.5. The predicted molar refractivity (Wildman–Crippen MR) is 100 cm³/mol. The third-order valence-electron chi connectivity index (χ3n) is 4.41. The van der Waals surface area contributed by atoms with Crippen LogP contribution in [0.25, 0.3) is 10.6 Å². The van der Waals surface area contributed by atoms with E-state index in [4.69, 9.17) is 4.42 Å². The minimum atomic E-state index is -0.131. The van der Waals surface area contributed by atoms with Crippen LogP contribution in [0, 0.1) is 0 Å². The molecule has 1 saturated heterocycles. The van der Waals surface area contributed by atoms with Gasteiger partial charge in [0.2, 0.25) is 0 Å². The molecule has 1 N–H and O–H groups in total. The average molecular weight is 374 g/mol. The number of nitrogens with one attached hydrogen (secondary N) is 1. The van der Waals surface area contributed by atoms with E-state index in [1.165, 1.54) is 24.2 Å². The van der Waals surface area contributed by atoms with Crippen molar-refractivity contribution in [2.45, 2.75) is 18.9 Å². The van der Waals surface area contributed by atoms with Crippen LogP contribution >= 0.6 is 22.7 Å². The number of hydrogen-bond acceptors (Lipinski definition) is 6. The van der Waals surface area contributed by atoms with Crippen molar-refractivity contribution in [3.8, 4) is 10.6 Å². The van der Waals surface area contributed by atoms with Crippen LogP contribution in [0.15, 0.2) is 45.0 Å². The Hall–Kier alpha value is -1.96. The molecule has 1 amide bonds. The molecule has 3 aromatic rings. The van der Waals surface area contributed by atoms with Gasteiger partial charge in [-0.05, 0) is 49.5 Å². The fourth-order valence-electron chi connectivity index (χ4n) is 3.12. The lowest BCUT2D eigenvalue weighted by molar-refractivity contribution is 0.0929. The topological polar surface area (TPSA) is 58.4 Å². The lowest BCUT2D eigenvalue weighted by Gasteiger charge is -2.25. The molecule has 0 spiro atoms. The molecule has 1 aliphatic rings. The van der Waals surface area contributed by atoms with Gasteiger partial charge >= 0.3 is 0 Å². The van der Waals surface area contributed by atoms with E-state index in [1.54, 1.807) is 17.6 Å². The minimum Gasteiger partial charge on any atom is -0.468 e. The van der Waals surface area contributed by atoms with Crippen molar-refractivity contribution < 1.29 is 9.21 Å². The number of aromatic nitrogens is 1. The molecule has 0 aromatic carbocycles. The molecule has 0 radical (unpaired) electrons. The summed E-state index contributed by atoms with van der Waals surface area (Å²) >= 11 is 3.13. The second kappa shape index (κ2) is 7.51. The molecule has 1 aliphatic heterocycles. The standard InChI is InChI=1S/C18H19N3O2S2/c22-17(14-12-25-18(20-14)13-5-9-24-11-13)19-10-15(16-4-3-8-23-16)21-6-1-2-7-21/h3-5,8-9,11-12,15H,1-2,6-7,10H2,(H,19,22)/t15-/m0/s1. The number of likely N-dealkylation sites (tertiary alicyclic amines) is 1. The number of rotatable bonds is 6. The number of hydrogen-bond donors (Lipinski definition) is 1. The summed E-state index contributed by atoms with van der Waals surface area (Å²) in [5.74, 6) is 0.771. The van der Waals surface area contributed by atoms with E-state index < -0.39 is 0 Å². The molecule has 7 heteroatoms. The maximum absolute atomic E-state index is 12.5. The lowest BCUT2D eigenvalue weighted by atomic mass is 10.2. The van der Waals surface area contributed by atoms with Gasteiger partial charge in [-0.15, -0.1) is 11.3 Å². The predicted octanol–water partition coefficient (Wildman–Crippen LogP) is 4.03. The zero-order chi connectivity index (χ0) is 17.1. The van der Waals surface area contributed by atoms with Crippen LogP contribution < -0.4 is 5.32 Å². The Balaban J connectivity index is 1.43.